The number of rotatable bonds is 5. The van der Waals surface area contributed by atoms with E-state index in [0.717, 1.165) is 5.75 Å². The van der Waals surface area contributed by atoms with Gasteiger partial charge in [-0.1, -0.05) is 26.8 Å². The molecule has 1 unspecified atom stereocenters. The normalized spacial score (nSPS) is 19.4. The van der Waals surface area contributed by atoms with Crippen molar-refractivity contribution < 1.29 is 0 Å². The third-order valence-electron chi connectivity index (χ3n) is 3.99. The predicted molar refractivity (Wildman–Crippen MR) is 85.9 cm³/mol. The van der Waals surface area contributed by atoms with Crippen LogP contribution in [0.25, 0.3) is 0 Å². The Morgan fingerprint density at radius 3 is 2.84 bits per heavy atom. The second-order valence-corrected chi connectivity index (χ2v) is 6.84. The minimum Gasteiger partial charge on any atom is -0.368 e. The summed E-state index contributed by atoms with van der Waals surface area (Å²) in [6.07, 6.45) is 2.62. The number of anilines is 1. The molecule has 0 saturated carbocycles. The molecule has 2 nitrogen and oxygen atoms in total. The zero-order chi connectivity index (χ0) is 13.8. The Morgan fingerprint density at radius 2 is 2.21 bits per heavy atom. The predicted octanol–water partition coefficient (Wildman–Crippen LogP) is 3.88. The van der Waals surface area contributed by atoms with E-state index in [0.29, 0.717) is 18.5 Å². The fraction of sp³-hybridized carbons (Fsp3) is 0.625. The average molecular weight is 278 g/mol. The van der Waals surface area contributed by atoms with Crippen LogP contribution in [0.3, 0.4) is 0 Å². The number of hydrogen-bond acceptors (Lipinski definition) is 3. The van der Waals surface area contributed by atoms with Gasteiger partial charge in [-0.05, 0) is 36.6 Å². The van der Waals surface area contributed by atoms with Gasteiger partial charge in [-0.3, -0.25) is 0 Å². The molecule has 0 aliphatic carbocycles. The van der Waals surface area contributed by atoms with Crippen molar-refractivity contribution in [2.45, 2.75) is 51.1 Å². The standard InChI is InChI=1S/C16H26N2S/c1-4-19-16-9-5-7-15(13(16)11-17)18-10-6-8-14(18)12(2)3/h5,7,9,12,14H,4,6,8,10-11,17H2,1-3H3. The lowest BCUT2D eigenvalue weighted by Gasteiger charge is -2.32. The molecule has 1 heterocycles. The molecule has 1 aromatic carbocycles. The van der Waals surface area contributed by atoms with Gasteiger partial charge >= 0.3 is 0 Å². The molecular weight excluding hydrogens is 252 g/mol. The maximum Gasteiger partial charge on any atom is 0.0425 e. The molecule has 0 radical (unpaired) electrons. The van der Waals surface area contributed by atoms with E-state index in [-0.39, 0.29) is 0 Å². The van der Waals surface area contributed by atoms with E-state index in [2.05, 4.69) is 43.9 Å². The monoisotopic (exact) mass is 278 g/mol. The molecule has 1 saturated heterocycles. The minimum absolute atomic E-state index is 0.639. The highest BCUT2D eigenvalue weighted by atomic mass is 32.2. The van der Waals surface area contributed by atoms with Gasteiger partial charge in [0.05, 0.1) is 0 Å². The van der Waals surface area contributed by atoms with E-state index in [1.54, 1.807) is 0 Å². The van der Waals surface area contributed by atoms with Crippen LogP contribution in [0.2, 0.25) is 0 Å². The van der Waals surface area contributed by atoms with Crippen LogP contribution in [0.1, 0.15) is 39.2 Å². The maximum absolute atomic E-state index is 6.03. The Balaban J connectivity index is 2.35. The van der Waals surface area contributed by atoms with Crippen LogP contribution in [0.15, 0.2) is 23.1 Å². The highest BCUT2D eigenvalue weighted by Gasteiger charge is 2.28. The Morgan fingerprint density at radius 1 is 1.42 bits per heavy atom. The topological polar surface area (TPSA) is 29.3 Å². The first-order chi connectivity index (χ1) is 9.19. The van der Waals surface area contributed by atoms with Crippen molar-refractivity contribution in [3.63, 3.8) is 0 Å². The van der Waals surface area contributed by atoms with Gasteiger partial charge in [-0.15, -0.1) is 11.8 Å². The smallest absolute Gasteiger partial charge is 0.0425 e. The van der Waals surface area contributed by atoms with Crippen LogP contribution in [0.4, 0.5) is 5.69 Å². The van der Waals surface area contributed by atoms with E-state index < -0.39 is 0 Å². The van der Waals surface area contributed by atoms with E-state index in [4.69, 9.17) is 5.73 Å². The highest BCUT2D eigenvalue weighted by Crippen LogP contribution is 2.36. The molecule has 0 amide bonds. The Hall–Kier alpha value is -0.670. The van der Waals surface area contributed by atoms with Crippen molar-refractivity contribution in [1.29, 1.82) is 0 Å². The van der Waals surface area contributed by atoms with Crippen LogP contribution in [-0.4, -0.2) is 18.3 Å². The van der Waals surface area contributed by atoms with Crippen molar-refractivity contribution in [3.8, 4) is 0 Å². The first-order valence-electron chi connectivity index (χ1n) is 7.40. The lowest BCUT2D eigenvalue weighted by atomic mass is 10.0. The molecule has 19 heavy (non-hydrogen) atoms. The molecule has 3 heteroatoms. The number of nitrogens with two attached hydrogens (primary N) is 1. The SMILES string of the molecule is CCSc1cccc(N2CCCC2C(C)C)c1CN. The fourth-order valence-electron chi connectivity index (χ4n) is 3.10. The van der Waals surface area contributed by atoms with Crippen LogP contribution in [0.5, 0.6) is 0 Å². The summed E-state index contributed by atoms with van der Waals surface area (Å²) in [5.41, 5.74) is 8.74. The highest BCUT2D eigenvalue weighted by molar-refractivity contribution is 7.99. The summed E-state index contributed by atoms with van der Waals surface area (Å²) in [6.45, 7) is 8.67. The zero-order valence-corrected chi connectivity index (χ0v) is 13.2. The first kappa shape index (κ1) is 14.7. The second-order valence-electron chi connectivity index (χ2n) is 5.54. The van der Waals surface area contributed by atoms with Gasteiger partial charge in [0.1, 0.15) is 0 Å². The quantitative estimate of drug-likeness (QED) is 0.829. The Kier molecular flexibility index (Phi) is 5.17. The first-order valence-corrected chi connectivity index (χ1v) is 8.39. The largest absolute Gasteiger partial charge is 0.368 e. The third kappa shape index (κ3) is 3.09. The van der Waals surface area contributed by atoms with Crippen LogP contribution >= 0.6 is 11.8 Å². The molecule has 1 aliphatic rings. The lowest BCUT2D eigenvalue weighted by molar-refractivity contribution is 0.491. The van der Waals surface area contributed by atoms with Gasteiger partial charge < -0.3 is 10.6 Å². The maximum atomic E-state index is 6.03. The molecule has 1 atom stereocenters. The zero-order valence-electron chi connectivity index (χ0n) is 12.4. The summed E-state index contributed by atoms with van der Waals surface area (Å²) in [7, 11) is 0. The Bertz CT molecular complexity index is 417. The molecule has 0 aromatic heterocycles. The molecule has 0 spiro atoms. The van der Waals surface area contributed by atoms with Gasteiger partial charge in [-0.25, -0.2) is 0 Å². The van der Waals surface area contributed by atoms with Crippen molar-refractivity contribution in [2.75, 3.05) is 17.2 Å². The summed E-state index contributed by atoms with van der Waals surface area (Å²) in [5, 5.41) is 0. The summed E-state index contributed by atoms with van der Waals surface area (Å²) < 4.78 is 0. The van der Waals surface area contributed by atoms with Crippen LogP contribution < -0.4 is 10.6 Å². The molecule has 1 fully saturated rings. The number of thioether (sulfide) groups is 1. The molecule has 2 N–H and O–H groups in total. The van der Waals surface area contributed by atoms with E-state index in [9.17, 15) is 0 Å². The second kappa shape index (κ2) is 6.67. The number of nitrogens with zero attached hydrogens (tertiary/aromatic N) is 1. The van der Waals surface area contributed by atoms with Crippen molar-refractivity contribution in [3.05, 3.63) is 23.8 Å². The van der Waals surface area contributed by atoms with Crippen LogP contribution in [0, 0.1) is 5.92 Å². The Labute approximate surface area is 121 Å². The van der Waals surface area contributed by atoms with E-state index in [1.807, 2.05) is 11.8 Å². The summed E-state index contributed by atoms with van der Waals surface area (Å²) in [5.74, 6) is 1.81. The van der Waals surface area contributed by atoms with Gasteiger partial charge in [0.25, 0.3) is 0 Å². The van der Waals surface area contributed by atoms with Gasteiger partial charge in [0, 0.05) is 35.3 Å². The van der Waals surface area contributed by atoms with Crippen molar-refractivity contribution in [2.24, 2.45) is 11.7 Å². The van der Waals surface area contributed by atoms with Gasteiger partial charge in [-0.2, -0.15) is 0 Å². The van der Waals surface area contributed by atoms with E-state index in [1.165, 1.54) is 35.5 Å². The van der Waals surface area contributed by atoms with Crippen molar-refractivity contribution >= 4 is 17.4 Å². The van der Waals surface area contributed by atoms with Crippen LogP contribution in [-0.2, 0) is 6.54 Å². The lowest BCUT2D eigenvalue weighted by Crippen LogP contribution is -2.34. The third-order valence-corrected chi connectivity index (χ3v) is 4.97. The molecule has 1 aromatic rings. The summed E-state index contributed by atoms with van der Waals surface area (Å²) in [4.78, 5) is 3.95. The minimum atomic E-state index is 0.639. The van der Waals surface area contributed by atoms with E-state index >= 15 is 0 Å². The number of hydrogen-bond donors (Lipinski definition) is 1. The molecule has 1 aliphatic heterocycles. The number of benzene rings is 1. The molecular formula is C16H26N2S. The summed E-state index contributed by atoms with van der Waals surface area (Å²) in [6, 6.07) is 7.32. The van der Waals surface area contributed by atoms with Gasteiger partial charge in [0.2, 0.25) is 0 Å². The average Bonchev–Trinajstić information content (AvgIpc) is 2.88. The van der Waals surface area contributed by atoms with Crippen molar-refractivity contribution in [1.82, 2.24) is 0 Å². The molecule has 2 rings (SSSR count). The fourth-order valence-corrected chi connectivity index (χ4v) is 3.95. The molecule has 0 bridgehead atoms. The van der Waals surface area contributed by atoms with Gasteiger partial charge in [0.15, 0.2) is 0 Å². The summed E-state index contributed by atoms with van der Waals surface area (Å²) >= 11 is 1.90. The molecule has 106 valence electrons.